The van der Waals surface area contributed by atoms with Crippen molar-refractivity contribution < 1.29 is 0 Å². The van der Waals surface area contributed by atoms with Gasteiger partial charge in [0, 0.05) is 0 Å². The van der Waals surface area contributed by atoms with Crippen molar-refractivity contribution in [3.05, 3.63) is 0 Å². The van der Waals surface area contributed by atoms with Crippen LogP contribution in [0.5, 0.6) is 0 Å². The predicted molar refractivity (Wildman–Crippen MR) is 422 cm³/mol. The molecule has 12 bridgehead atoms. The van der Waals surface area contributed by atoms with Crippen LogP contribution in [0.25, 0.3) is 0 Å². The maximum Gasteiger partial charge on any atom is -0.0220 e. The number of fused-ring (bicyclic) bond motifs is 23. The van der Waals surface area contributed by atoms with Gasteiger partial charge in [0.05, 0.1) is 0 Å². The highest BCUT2D eigenvalue weighted by Gasteiger charge is 2.66. The van der Waals surface area contributed by atoms with Crippen LogP contribution in [0, 0.1) is 190 Å². The third-order valence-corrected chi connectivity index (χ3v) is 39.5. The molecule has 0 heterocycles. The van der Waals surface area contributed by atoms with E-state index in [4.69, 9.17) is 0 Å². The molecule has 0 nitrogen and oxygen atoms in total. The molecule has 0 amide bonds. The monoisotopic (exact) mass is 1340 g/mol. The van der Waals surface area contributed by atoms with Crippen LogP contribution < -0.4 is 0 Å². The van der Waals surface area contributed by atoms with E-state index in [-0.39, 0.29) is 0 Å². The molecule has 19 fully saturated rings. The minimum absolute atomic E-state index is 0.583. The summed E-state index contributed by atoms with van der Waals surface area (Å²) in [5.41, 5.74) is 6.65. The van der Waals surface area contributed by atoms with E-state index in [9.17, 15) is 0 Å². The second-order valence-electron chi connectivity index (χ2n) is 47.1. The number of rotatable bonds is 3. The topological polar surface area (TPSA) is 0 Å². The highest BCUT2D eigenvalue weighted by molar-refractivity contribution is 5.15. The van der Waals surface area contributed by atoms with Crippen LogP contribution in [0.15, 0.2) is 0 Å². The van der Waals surface area contributed by atoms with Crippen LogP contribution in [0.3, 0.4) is 0 Å². The van der Waals surface area contributed by atoms with E-state index in [1.54, 1.807) is 96.3 Å². The first-order chi connectivity index (χ1) is 45.5. The zero-order chi connectivity index (χ0) is 69.7. The third-order valence-electron chi connectivity index (χ3n) is 39.5. The minimum Gasteiger partial charge on any atom is -0.0649 e. The molecule has 19 saturated carbocycles. The van der Waals surface area contributed by atoms with E-state index in [2.05, 4.69) is 145 Å². The molecule has 0 saturated heterocycles. The summed E-state index contributed by atoms with van der Waals surface area (Å²) < 4.78 is 0. The molecule has 97 heavy (non-hydrogen) atoms. The van der Waals surface area contributed by atoms with Crippen molar-refractivity contribution in [3.8, 4) is 0 Å². The molecule has 0 heteroatoms. The predicted octanol–water partition coefficient (Wildman–Crippen LogP) is 30.4. The van der Waals surface area contributed by atoms with E-state index < -0.39 is 0 Å². The van der Waals surface area contributed by atoms with Gasteiger partial charge in [-0.05, 0) is 357 Å². The van der Waals surface area contributed by atoms with E-state index in [1.165, 1.54) is 209 Å². The lowest BCUT2D eigenvalue weighted by molar-refractivity contribution is 0.0383. The van der Waals surface area contributed by atoms with Gasteiger partial charge in [-0.25, -0.2) is 0 Å². The largest absolute Gasteiger partial charge is 0.0649 e. The van der Waals surface area contributed by atoms with Crippen molar-refractivity contribution in [3.63, 3.8) is 0 Å². The Hall–Kier alpha value is 0. The van der Waals surface area contributed by atoms with Crippen molar-refractivity contribution in [1.29, 1.82) is 0 Å². The van der Waals surface area contributed by atoms with Crippen LogP contribution in [0.1, 0.15) is 421 Å². The molecule has 0 aliphatic heterocycles. The van der Waals surface area contributed by atoms with Crippen LogP contribution >= 0.6 is 0 Å². The molecule has 0 N–H and O–H groups in total. The van der Waals surface area contributed by atoms with Gasteiger partial charge in [0.25, 0.3) is 0 Å². The fraction of sp³-hybridized carbons (Fsp3) is 1.00. The molecule has 25 unspecified atom stereocenters. The summed E-state index contributed by atoms with van der Waals surface area (Å²) in [7, 11) is 0. The Labute approximate surface area is 608 Å². The van der Waals surface area contributed by atoms with Gasteiger partial charge in [0.1, 0.15) is 0 Å². The fourth-order valence-electron chi connectivity index (χ4n) is 32.0. The van der Waals surface area contributed by atoms with Gasteiger partial charge in [0.2, 0.25) is 0 Å². The smallest absolute Gasteiger partial charge is 0.0220 e. The van der Waals surface area contributed by atoms with Crippen molar-refractivity contribution in [2.24, 2.45) is 190 Å². The number of hydrogen-bond donors (Lipinski definition) is 0. The van der Waals surface area contributed by atoms with E-state index in [0.29, 0.717) is 48.7 Å². The van der Waals surface area contributed by atoms with Gasteiger partial charge < -0.3 is 0 Å². The maximum absolute atomic E-state index is 2.54. The summed E-state index contributed by atoms with van der Waals surface area (Å²) in [4.78, 5) is 0. The Bertz CT molecular complexity index is 2520. The average Bonchev–Trinajstić information content (AvgIpc) is 1.55. The molecule has 19 aliphatic rings. The van der Waals surface area contributed by atoms with Gasteiger partial charge in [-0.15, -0.1) is 0 Å². The zero-order valence-electron chi connectivity index (χ0n) is 69.7. The van der Waals surface area contributed by atoms with Crippen molar-refractivity contribution >= 4 is 0 Å². The first-order valence-corrected chi connectivity index (χ1v) is 45.5. The molecular weight excluding hydrogens is 1170 g/mol. The lowest BCUT2D eigenvalue weighted by atomic mass is 9.58. The second kappa shape index (κ2) is 29.3. The minimum atomic E-state index is 0.583. The maximum atomic E-state index is 2.54. The number of hydrogen-bond acceptors (Lipinski definition) is 0. The van der Waals surface area contributed by atoms with Crippen LogP contribution in [0.4, 0.5) is 0 Å². The molecule has 19 rings (SSSR count). The molecule has 0 aromatic carbocycles. The Morgan fingerprint density at radius 2 is 0.856 bits per heavy atom. The van der Waals surface area contributed by atoms with E-state index in [1.807, 2.05) is 0 Å². The standard InChI is InChI=1S/C14H22.C14H26.C12H20.3C12H22.C11H20.C10H18/c1-14(2)7-10-6-11(14)13-9-4-3-8(5-9)12(10)13;1-11(2)14(3)9-8-12-6-4-5-7-13(12)10-14;1-12(2)7-8-6-11(12)10-5-3-4-9(8)10;1-10(2)8-9-6-7-12(10,5)11(9,3)4;1-12(2)9-5-7-10-6-3-4-8-11(10)12;1-12(2)8-7-10-5-3-4-6-11(10)9-12;1-8(2)11(3)7-9-4-5-10(11)6-9;1-3-10(2)7-8-4-5-9(10)6-8/h8-13H,3-7H2,1-2H3;11-13H,4-10H2,1-3H3;8-11H,3-7H2,1-2H3;9H,6-8H2,1-5H3;2*10-11H,3-9H2,1-2H3;8-10H,4-7H2,1-3H3;8-9H,3-7H2,1-2H3. The molecule has 0 spiro atoms. The van der Waals surface area contributed by atoms with Crippen molar-refractivity contribution in [2.75, 3.05) is 0 Å². The van der Waals surface area contributed by atoms with Gasteiger partial charge in [-0.1, -0.05) is 255 Å². The Morgan fingerprint density at radius 1 is 0.309 bits per heavy atom. The molecule has 25 atom stereocenters. The fourth-order valence-corrected chi connectivity index (χ4v) is 32.0. The lowest BCUT2D eigenvalue weighted by Crippen LogP contribution is -2.37. The first-order valence-electron chi connectivity index (χ1n) is 45.5. The van der Waals surface area contributed by atoms with E-state index in [0.717, 1.165) is 112 Å². The summed E-state index contributed by atoms with van der Waals surface area (Å²) in [6.45, 7) is 52.0. The molecule has 0 aromatic rings. The first kappa shape index (κ1) is 76.6. The average molecular weight is 1340 g/mol. The van der Waals surface area contributed by atoms with Gasteiger partial charge in [-0.3, -0.25) is 0 Å². The van der Waals surface area contributed by atoms with E-state index >= 15 is 0 Å². The molecule has 0 radical (unpaired) electrons. The highest BCUT2D eigenvalue weighted by Crippen LogP contribution is 2.74. The van der Waals surface area contributed by atoms with Crippen molar-refractivity contribution in [1.82, 2.24) is 0 Å². The summed E-state index contributed by atoms with van der Waals surface area (Å²) >= 11 is 0. The van der Waals surface area contributed by atoms with Crippen LogP contribution in [-0.4, -0.2) is 0 Å². The van der Waals surface area contributed by atoms with Gasteiger partial charge >= 0.3 is 0 Å². The molecule has 560 valence electrons. The van der Waals surface area contributed by atoms with Gasteiger partial charge in [-0.2, -0.15) is 0 Å². The Morgan fingerprint density at radius 3 is 1.37 bits per heavy atom. The Balaban J connectivity index is 0.000000106. The zero-order valence-corrected chi connectivity index (χ0v) is 69.7. The quantitative estimate of drug-likeness (QED) is 0.247. The summed E-state index contributed by atoms with van der Waals surface area (Å²) in [6, 6.07) is 0. The van der Waals surface area contributed by atoms with Crippen molar-refractivity contribution in [2.45, 2.75) is 421 Å². The second-order valence-corrected chi connectivity index (χ2v) is 47.1. The molecule has 19 aliphatic carbocycles. The summed E-state index contributed by atoms with van der Waals surface area (Å²) in [5.74, 6) is 25.3. The summed E-state index contributed by atoms with van der Waals surface area (Å²) in [5, 5.41) is 0. The molecule has 0 aromatic heterocycles. The SMILES string of the molecule is CC(C)C1(C)CC2CCC1C2.CC(C)C1(C)CCC2CCCCC2C1.CC1(C)CC2CC1C1C3CCC(C3)C21.CC1(C)CC2CC1C1CCCC21.CC1(C)CC2CCC1(C)C2(C)C.CC1(C)CCC2CCCCC2C1.CC1(C)CCCC2CCCCC21.CCC1(C)CC2CCC1C2. The van der Waals surface area contributed by atoms with Gasteiger partial charge in [0.15, 0.2) is 0 Å². The normalized spacial score (nSPS) is 49.0. The Kier molecular flexibility index (Phi) is 23.1. The molecular formula is C97H172. The highest BCUT2D eigenvalue weighted by atomic mass is 14.7. The lowest BCUT2D eigenvalue weighted by Gasteiger charge is -2.47. The summed E-state index contributed by atoms with van der Waals surface area (Å²) in [6.07, 6.45) is 65.7. The third kappa shape index (κ3) is 15.4. The van der Waals surface area contributed by atoms with Crippen LogP contribution in [0.2, 0.25) is 0 Å². The van der Waals surface area contributed by atoms with Crippen LogP contribution in [-0.2, 0) is 0 Å².